The Kier molecular flexibility index (Phi) is 11.2. The molecule has 0 aliphatic carbocycles. The van der Waals surface area contributed by atoms with Crippen molar-refractivity contribution < 1.29 is 0 Å². The first-order valence-corrected chi connectivity index (χ1v) is 9.84. The van der Waals surface area contributed by atoms with E-state index in [1.54, 1.807) is 5.56 Å². The highest BCUT2D eigenvalue weighted by atomic mass is 14.1. The van der Waals surface area contributed by atoms with Gasteiger partial charge in [0.05, 0.1) is 0 Å². The average molecular weight is 302 g/mol. The van der Waals surface area contributed by atoms with E-state index in [4.69, 9.17) is 0 Å². The lowest BCUT2D eigenvalue weighted by Gasteiger charge is -2.12. The molecule has 0 fully saturated rings. The fraction of sp³-hybridized carbons (Fsp3) is 0.727. The summed E-state index contributed by atoms with van der Waals surface area (Å²) < 4.78 is 0. The molecule has 0 aromatic heterocycles. The van der Waals surface area contributed by atoms with Crippen LogP contribution in [0.5, 0.6) is 0 Å². The van der Waals surface area contributed by atoms with Crippen molar-refractivity contribution in [3.8, 4) is 0 Å². The van der Waals surface area contributed by atoms with Crippen LogP contribution in [-0.2, 0) is 19.3 Å². The van der Waals surface area contributed by atoms with Crippen molar-refractivity contribution in [1.29, 1.82) is 0 Å². The highest BCUT2D eigenvalue weighted by Crippen LogP contribution is 2.19. The SMILES string of the molecule is CCCCCCCCCCCCc1[c]ccc(CC)c1CC. The molecule has 0 heterocycles. The van der Waals surface area contributed by atoms with Gasteiger partial charge in [0.25, 0.3) is 0 Å². The van der Waals surface area contributed by atoms with Crippen molar-refractivity contribution in [2.45, 2.75) is 104 Å². The van der Waals surface area contributed by atoms with Crippen LogP contribution in [0.4, 0.5) is 0 Å². The van der Waals surface area contributed by atoms with Crippen LogP contribution >= 0.6 is 0 Å². The molecule has 0 unspecified atom stereocenters. The van der Waals surface area contributed by atoms with Crippen LogP contribution in [-0.4, -0.2) is 0 Å². The second-order valence-corrected chi connectivity index (χ2v) is 6.60. The zero-order valence-electron chi connectivity index (χ0n) is 15.3. The first kappa shape index (κ1) is 19.3. The van der Waals surface area contributed by atoms with E-state index in [1.807, 2.05) is 0 Å². The number of hydrogen-bond donors (Lipinski definition) is 0. The van der Waals surface area contributed by atoms with E-state index in [2.05, 4.69) is 39.0 Å². The first-order valence-electron chi connectivity index (χ1n) is 9.84. The van der Waals surface area contributed by atoms with Crippen LogP contribution in [0.1, 0.15) is 102 Å². The van der Waals surface area contributed by atoms with Gasteiger partial charge < -0.3 is 0 Å². The molecule has 1 radical (unpaired) electrons. The van der Waals surface area contributed by atoms with Crippen molar-refractivity contribution in [2.24, 2.45) is 0 Å². The minimum Gasteiger partial charge on any atom is -0.0654 e. The van der Waals surface area contributed by atoms with Gasteiger partial charge in [0.2, 0.25) is 0 Å². The molecule has 0 N–H and O–H groups in total. The Hall–Kier alpha value is -0.780. The third-order valence-electron chi connectivity index (χ3n) is 4.81. The van der Waals surface area contributed by atoms with Gasteiger partial charge in [0.15, 0.2) is 0 Å². The van der Waals surface area contributed by atoms with Gasteiger partial charge in [-0.2, -0.15) is 0 Å². The summed E-state index contributed by atoms with van der Waals surface area (Å²) in [6.45, 7) is 6.83. The molecule has 0 atom stereocenters. The lowest BCUT2D eigenvalue weighted by Crippen LogP contribution is -1.99. The van der Waals surface area contributed by atoms with Crippen LogP contribution in [0.15, 0.2) is 12.1 Å². The maximum Gasteiger partial charge on any atom is -0.0146 e. The Bertz CT molecular complexity index is 378. The maximum absolute atomic E-state index is 3.49. The fourth-order valence-corrected chi connectivity index (χ4v) is 3.41. The Balaban J connectivity index is 2.12. The van der Waals surface area contributed by atoms with Crippen LogP contribution in [0.2, 0.25) is 0 Å². The summed E-state index contributed by atoms with van der Waals surface area (Å²) in [6, 6.07) is 7.87. The normalized spacial score (nSPS) is 11.0. The highest BCUT2D eigenvalue weighted by Gasteiger charge is 2.05. The maximum atomic E-state index is 3.49. The second kappa shape index (κ2) is 12.7. The van der Waals surface area contributed by atoms with Gasteiger partial charge in [0, 0.05) is 0 Å². The molecule has 0 spiro atoms. The third-order valence-corrected chi connectivity index (χ3v) is 4.81. The topological polar surface area (TPSA) is 0 Å². The van der Waals surface area contributed by atoms with Crippen LogP contribution in [0, 0.1) is 6.07 Å². The van der Waals surface area contributed by atoms with Crippen molar-refractivity contribution in [3.63, 3.8) is 0 Å². The van der Waals surface area contributed by atoms with Crippen LogP contribution in [0.25, 0.3) is 0 Å². The van der Waals surface area contributed by atoms with Gasteiger partial charge in [0.1, 0.15) is 0 Å². The van der Waals surface area contributed by atoms with E-state index in [1.165, 1.54) is 81.8 Å². The molecule has 125 valence electrons. The van der Waals surface area contributed by atoms with Gasteiger partial charge in [-0.3, -0.25) is 0 Å². The van der Waals surface area contributed by atoms with E-state index >= 15 is 0 Å². The first-order chi connectivity index (χ1) is 10.8. The fourth-order valence-electron chi connectivity index (χ4n) is 3.41. The average Bonchev–Trinajstić information content (AvgIpc) is 2.56. The van der Waals surface area contributed by atoms with Crippen molar-refractivity contribution in [1.82, 2.24) is 0 Å². The minimum absolute atomic E-state index is 1.16. The van der Waals surface area contributed by atoms with E-state index in [9.17, 15) is 0 Å². The molecule has 1 aromatic carbocycles. The Labute approximate surface area is 139 Å². The lowest BCUT2D eigenvalue weighted by atomic mass is 9.93. The Morgan fingerprint density at radius 1 is 0.727 bits per heavy atom. The molecule has 0 amide bonds. The molecule has 0 aliphatic heterocycles. The summed E-state index contributed by atoms with van der Waals surface area (Å²) in [5, 5.41) is 0. The predicted molar refractivity (Wildman–Crippen MR) is 99.6 cm³/mol. The van der Waals surface area contributed by atoms with E-state index in [-0.39, 0.29) is 0 Å². The summed E-state index contributed by atoms with van der Waals surface area (Å²) in [4.78, 5) is 0. The molecular formula is C22H37. The summed E-state index contributed by atoms with van der Waals surface area (Å²) >= 11 is 0. The molecule has 0 aliphatic rings. The zero-order chi connectivity index (χ0) is 16.0. The Morgan fingerprint density at radius 3 is 1.86 bits per heavy atom. The second-order valence-electron chi connectivity index (χ2n) is 6.60. The molecule has 0 bridgehead atoms. The summed E-state index contributed by atoms with van der Waals surface area (Å²) in [7, 11) is 0. The molecule has 1 rings (SSSR count). The quantitative estimate of drug-likeness (QED) is 0.342. The van der Waals surface area contributed by atoms with Crippen LogP contribution < -0.4 is 0 Å². The lowest BCUT2D eigenvalue weighted by molar-refractivity contribution is 0.556. The van der Waals surface area contributed by atoms with Crippen molar-refractivity contribution in [2.75, 3.05) is 0 Å². The standard InChI is InChI=1S/C22H37/c1-4-7-8-9-10-11-12-13-14-15-17-21-19-16-18-20(5-2)22(21)6-3/h16,18H,4-15,17H2,1-3H3. The van der Waals surface area contributed by atoms with E-state index < -0.39 is 0 Å². The predicted octanol–water partition coefficient (Wildman–Crippen LogP) is 7.07. The van der Waals surface area contributed by atoms with Gasteiger partial charge in [-0.05, 0) is 48.4 Å². The highest BCUT2D eigenvalue weighted by molar-refractivity contribution is 5.34. The monoisotopic (exact) mass is 301 g/mol. The number of unbranched alkanes of at least 4 members (excludes halogenated alkanes) is 9. The largest absolute Gasteiger partial charge is 0.0654 e. The summed E-state index contributed by atoms with van der Waals surface area (Å²) in [6.07, 6.45) is 17.7. The summed E-state index contributed by atoms with van der Waals surface area (Å²) in [5.74, 6) is 0. The van der Waals surface area contributed by atoms with Crippen molar-refractivity contribution >= 4 is 0 Å². The van der Waals surface area contributed by atoms with Crippen molar-refractivity contribution in [3.05, 3.63) is 34.9 Å². The number of hydrogen-bond acceptors (Lipinski definition) is 0. The van der Waals surface area contributed by atoms with Gasteiger partial charge in [-0.1, -0.05) is 90.7 Å². The molecule has 22 heavy (non-hydrogen) atoms. The van der Waals surface area contributed by atoms with Gasteiger partial charge >= 0.3 is 0 Å². The van der Waals surface area contributed by atoms with Gasteiger partial charge in [-0.25, -0.2) is 0 Å². The molecule has 0 saturated carbocycles. The number of rotatable bonds is 13. The van der Waals surface area contributed by atoms with E-state index in [0.717, 1.165) is 12.8 Å². The van der Waals surface area contributed by atoms with Gasteiger partial charge in [-0.15, -0.1) is 0 Å². The van der Waals surface area contributed by atoms with E-state index in [0.29, 0.717) is 0 Å². The number of aryl methyl sites for hydroxylation is 2. The summed E-state index contributed by atoms with van der Waals surface area (Å²) in [5.41, 5.74) is 4.59. The third kappa shape index (κ3) is 7.47. The minimum atomic E-state index is 1.16. The molecule has 0 nitrogen and oxygen atoms in total. The smallest absolute Gasteiger partial charge is 0.0146 e. The number of benzene rings is 1. The molecule has 0 heteroatoms. The molecule has 1 aromatic rings. The Morgan fingerprint density at radius 2 is 1.32 bits per heavy atom. The molecule has 0 saturated heterocycles. The zero-order valence-corrected chi connectivity index (χ0v) is 15.3. The molecular weight excluding hydrogens is 264 g/mol. The van der Waals surface area contributed by atoms with Crippen LogP contribution in [0.3, 0.4) is 0 Å².